The molecule has 3 N–H and O–H groups in total. The Kier molecular flexibility index (Phi) is 15.8. The summed E-state index contributed by atoms with van der Waals surface area (Å²) < 4.78 is 5.81. The van der Waals surface area contributed by atoms with Gasteiger partial charge in [-0.1, -0.05) is 45.4 Å². The van der Waals surface area contributed by atoms with Crippen LogP contribution in [0, 0.1) is 0 Å². The molecule has 0 heterocycles. The van der Waals surface area contributed by atoms with E-state index < -0.39 is 0 Å². The van der Waals surface area contributed by atoms with Gasteiger partial charge in [-0.15, -0.1) is 0 Å². The summed E-state index contributed by atoms with van der Waals surface area (Å²) in [6, 6.07) is 0. The van der Waals surface area contributed by atoms with Crippen molar-refractivity contribution in [2.45, 2.75) is 77.7 Å². The third kappa shape index (κ3) is 15.8. The van der Waals surface area contributed by atoms with Crippen molar-refractivity contribution in [2.24, 2.45) is 5.73 Å². The van der Waals surface area contributed by atoms with E-state index in [2.05, 4.69) is 19.2 Å². The van der Waals surface area contributed by atoms with Gasteiger partial charge in [-0.2, -0.15) is 0 Å². The van der Waals surface area contributed by atoms with E-state index in [1.165, 1.54) is 44.9 Å². The van der Waals surface area contributed by atoms with Gasteiger partial charge in [0.2, 0.25) is 0 Å². The van der Waals surface area contributed by atoms with E-state index in [4.69, 9.17) is 10.5 Å². The second kappa shape index (κ2) is 15.9. The first-order valence-corrected chi connectivity index (χ1v) is 8.33. The molecular weight excluding hydrogens is 236 g/mol. The summed E-state index contributed by atoms with van der Waals surface area (Å²) in [5.41, 5.74) is 5.43. The fraction of sp³-hybridized carbons (Fsp3) is 1.00. The molecule has 0 fully saturated rings. The monoisotopic (exact) mass is 272 g/mol. The average Bonchev–Trinajstić information content (AvgIpc) is 2.41. The van der Waals surface area contributed by atoms with Gasteiger partial charge in [0.25, 0.3) is 0 Å². The zero-order chi connectivity index (χ0) is 14.2. The molecule has 0 aromatic heterocycles. The molecule has 0 aromatic rings. The number of hydrogen-bond acceptors (Lipinski definition) is 3. The van der Waals surface area contributed by atoms with Crippen LogP contribution >= 0.6 is 0 Å². The van der Waals surface area contributed by atoms with Crippen molar-refractivity contribution in [1.82, 2.24) is 5.32 Å². The first kappa shape index (κ1) is 18.9. The normalized spacial score (nSPS) is 12.8. The molecule has 1 atom stereocenters. The number of nitrogens with two attached hydrogens (primary N) is 1. The van der Waals surface area contributed by atoms with Gasteiger partial charge in [0, 0.05) is 6.61 Å². The van der Waals surface area contributed by atoms with Crippen LogP contribution in [0.5, 0.6) is 0 Å². The summed E-state index contributed by atoms with van der Waals surface area (Å²) in [6.45, 7) is 8.20. The second-order valence-electron chi connectivity index (χ2n) is 5.48. The van der Waals surface area contributed by atoms with Crippen LogP contribution in [0.4, 0.5) is 0 Å². The topological polar surface area (TPSA) is 47.3 Å². The van der Waals surface area contributed by atoms with Crippen LogP contribution in [-0.2, 0) is 4.74 Å². The SMILES string of the molecule is CCCCCCCCC(C)OCCCNCCCN. The number of ether oxygens (including phenoxy) is 1. The molecule has 0 amide bonds. The van der Waals surface area contributed by atoms with Crippen LogP contribution in [0.2, 0.25) is 0 Å². The fourth-order valence-corrected chi connectivity index (χ4v) is 2.13. The maximum absolute atomic E-state index is 5.81. The standard InChI is InChI=1S/C16H36N2O/c1-3-4-5-6-7-8-11-16(2)19-15-10-14-18-13-9-12-17/h16,18H,3-15,17H2,1-2H3. The largest absolute Gasteiger partial charge is 0.378 e. The second-order valence-corrected chi connectivity index (χ2v) is 5.48. The zero-order valence-electron chi connectivity index (χ0n) is 13.3. The molecule has 0 aliphatic rings. The molecule has 0 saturated carbocycles. The maximum Gasteiger partial charge on any atom is 0.0547 e. The highest BCUT2D eigenvalue weighted by Gasteiger charge is 2.01. The number of nitrogens with one attached hydrogen (secondary N) is 1. The van der Waals surface area contributed by atoms with E-state index in [-0.39, 0.29) is 0 Å². The Labute approximate surface area is 120 Å². The average molecular weight is 272 g/mol. The Morgan fingerprint density at radius 2 is 1.63 bits per heavy atom. The first-order chi connectivity index (χ1) is 9.31. The molecule has 0 aliphatic carbocycles. The van der Waals surface area contributed by atoms with Crippen molar-refractivity contribution in [2.75, 3.05) is 26.2 Å². The molecule has 0 aliphatic heterocycles. The Morgan fingerprint density at radius 1 is 0.947 bits per heavy atom. The van der Waals surface area contributed by atoms with Crippen molar-refractivity contribution < 1.29 is 4.74 Å². The maximum atomic E-state index is 5.81. The Hall–Kier alpha value is -0.120. The molecule has 3 heteroatoms. The van der Waals surface area contributed by atoms with Gasteiger partial charge in [0.1, 0.15) is 0 Å². The van der Waals surface area contributed by atoms with Crippen LogP contribution < -0.4 is 11.1 Å². The summed E-state index contributed by atoms with van der Waals surface area (Å²) in [5.74, 6) is 0. The fourth-order valence-electron chi connectivity index (χ4n) is 2.13. The van der Waals surface area contributed by atoms with Crippen molar-refractivity contribution >= 4 is 0 Å². The highest BCUT2D eigenvalue weighted by atomic mass is 16.5. The highest BCUT2D eigenvalue weighted by molar-refractivity contribution is 4.54. The zero-order valence-corrected chi connectivity index (χ0v) is 13.3. The van der Waals surface area contributed by atoms with Crippen LogP contribution in [0.15, 0.2) is 0 Å². The van der Waals surface area contributed by atoms with Crippen LogP contribution in [0.1, 0.15) is 71.6 Å². The minimum atomic E-state index is 0.426. The van der Waals surface area contributed by atoms with Crippen LogP contribution in [0.25, 0.3) is 0 Å². The van der Waals surface area contributed by atoms with Crippen molar-refractivity contribution in [1.29, 1.82) is 0 Å². The Balaban J connectivity index is 3.10. The van der Waals surface area contributed by atoms with E-state index in [1.807, 2.05) is 0 Å². The molecule has 0 bridgehead atoms. The third-order valence-corrected chi connectivity index (χ3v) is 3.42. The number of rotatable bonds is 15. The minimum absolute atomic E-state index is 0.426. The van der Waals surface area contributed by atoms with E-state index in [0.717, 1.165) is 39.1 Å². The predicted octanol–water partition coefficient (Wildman–Crippen LogP) is 3.47. The molecule has 1 unspecified atom stereocenters. The van der Waals surface area contributed by atoms with Gasteiger partial charge in [0.05, 0.1) is 6.10 Å². The molecule has 0 saturated heterocycles. The molecule has 3 nitrogen and oxygen atoms in total. The Morgan fingerprint density at radius 3 is 2.37 bits per heavy atom. The van der Waals surface area contributed by atoms with E-state index in [0.29, 0.717) is 6.10 Å². The van der Waals surface area contributed by atoms with Gasteiger partial charge in [0.15, 0.2) is 0 Å². The smallest absolute Gasteiger partial charge is 0.0547 e. The van der Waals surface area contributed by atoms with E-state index in [9.17, 15) is 0 Å². The van der Waals surface area contributed by atoms with Crippen molar-refractivity contribution in [3.8, 4) is 0 Å². The lowest BCUT2D eigenvalue weighted by molar-refractivity contribution is 0.0570. The molecular formula is C16H36N2O. The van der Waals surface area contributed by atoms with Gasteiger partial charge in [-0.25, -0.2) is 0 Å². The minimum Gasteiger partial charge on any atom is -0.378 e. The lowest BCUT2D eigenvalue weighted by atomic mass is 10.1. The van der Waals surface area contributed by atoms with Gasteiger partial charge in [-0.05, 0) is 45.8 Å². The van der Waals surface area contributed by atoms with Gasteiger partial charge >= 0.3 is 0 Å². The molecule has 0 spiro atoms. The molecule has 116 valence electrons. The lowest BCUT2D eigenvalue weighted by Crippen LogP contribution is -2.21. The number of unbranched alkanes of at least 4 members (excludes halogenated alkanes) is 5. The molecule has 0 aromatic carbocycles. The molecule has 0 rings (SSSR count). The van der Waals surface area contributed by atoms with E-state index >= 15 is 0 Å². The lowest BCUT2D eigenvalue weighted by Gasteiger charge is -2.13. The van der Waals surface area contributed by atoms with Crippen LogP contribution in [-0.4, -0.2) is 32.3 Å². The summed E-state index contributed by atoms with van der Waals surface area (Å²) in [5, 5.41) is 3.37. The van der Waals surface area contributed by atoms with E-state index in [1.54, 1.807) is 0 Å². The van der Waals surface area contributed by atoms with Crippen molar-refractivity contribution in [3.63, 3.8) is 0 Å². The molecule has 19 heavy (non-hydrogen) atoms. The summed E-state index contributed by atoms with van der Waals surface area (Å²) in [6.07, 6.45) is 12.0. The summed E-state index contributed by atoms with van der Waals surface area (Å²) in [7, 11) is 0. The quantitative estimate of drug-likeness (QED) is 0.449. The molecule has 0 radical (unpaired) electrons. The third-order valence-electron chi connectivity index (χ3n) is 3.42. The van der Waals surface area contributed by atoms with Gasteiger partial charge < -0.3 is 15.8 Å². The van der Waals surface area contributed by atoms with Gasteiger partial charge in [-0.3, -0.25) is 0 Å². The Bertz CT molecular complexity index is 165. The van der Waals surface area contributed by atoms with Crippen LogP contribution in [0.3, 0.4) is 0 Å². The first-order valence-electron chi connectivity index (χ1n) is 8.33. The van der Waals surface area contributed by atoms with Crippen molar-refractivity contribution in [3.05, 3.63) is 0 Å². The number of hydrogen-bond donors (Lipinski definition) is 2. The highest BCUT2D eigenvalue weighted by Crippen LogP contribution is 2.10. The summed E-state index contributed by atoms with van der Waals surface area (Å²) >= 11 is 0. The summed E-state index contributed by atoms with van der Waals surface area (Å²) in [4.78, 5) is 0. The predicted molar refractivity (Wildman–Crippen MR) is 84.6 cm³/mol.